The Bertz CT molecular complexity index is 954. The molecule has 2 aromatic carbocycles. The maximum absolute atomic E-state index is 12.2. The first kappa shape index (κ1) is 18.9. The molecule has 0 heterocycles. The Morgan fingerprint density at radius 2 is 1.77 bits per heavy atom. The Morgan fingerprint density at radius 3 is 2.35 bits per heavy atom. The van der Waals surface area contributed by atoms with Gasteiger partial charge in [-0.05, 0) is 42.0 Å². The van der Waals surface area contributed by atoms with Crippen LogP contribution in [0.2, 0.25) is 0 Å². The van der Waals surface area contributed by atoms with Crippen molar-refractivity contribution in [2.45, 2.75) is 11.5 Å². The summed E-state index contributed by atoms with van der Waals surface area (Å²) < 4.78 is 26.2. The number of rotatable bonds is 7. The normalized spacial score (nSPS) is 10.8. The van der Waals surface area contributed by atoms with Gasteiger partial charge in [0.05, 0.1) is 10.5 Å². The SMILES string of the molecule is O=C(O)c1ccc(S(=O)(=O)NC(=O)c2cccc(CO[N+](=O)[O-])c2)cc1. The number of hydrogen-bond acceptors (Lipinski definition) is 7. The number of carbonyl (C=O) groups is 2. The number of nitrogens with one attached hydrogen (secondary N) is 1. The Kier molecular flexibility index (Phi) is 5.52. The molecule has 0 saturated carbocycles. The maximum atomic E-state index is 12.2. The van der Waals surface area contributed by atoms with Crippen LogP contribution in [0.1, 0.15) is 26.3 Å². The van der Waals surface area contributed by atoms with E-state index in [1.54, 1.807) is 0 Å². The summed E-state index contributed by atoms with van der Waals surface area (Å²) in [5.74, 6) is -2.16. The van der Waals surface area contributed by atoms with Gasteiger partial charge in [0, 0.05) is 5.56 Å². The van der Waals surface area contributed by atoms with Crippen molar-refractivity contribution in [2.75, 3.05) is 0 Å². The fourth-order valence-corrected chi connectivity index (χ4v) is 2.92. The highest BCUT2D eigenvalue weighted by Gasteiger charge is 2.19. The second-order valence-corrected chi connectivity index (χ2v) is 6.64. The fourth-order valence-electron chi connectivity index (χ4n) is 1.95. The molecule has 2 N–H and O–H groups in total. The molecule has 0 aromatic heterocycles. The minimum atomic E-state index is -4.22. The molecule has 11 heteroatoms. The molecule has 26 heavy (non-hydrogen) atoms. The predicted molar refractivity (Wildman–Crippen MR) is 86.3 cm³/mol. The van der Waals surface area contributed by atoms with E-state index in [-0.39, 0.29) is 16.0 Å². The first-order valence-corrected chi connectivity index (χ1v) is 8.44. The molecule has 0 aliphatic carbocycles. The van der Waals surface area contributed by atoms with Crippen molar-refractivity contribution in [2.24, 2.45) is 0 Å². The Balaban J connectivity index is 2.16. The monoisotopic (exact) mass is 380 g/mol. The molecule has 2 rings (SSSR count). The van der Waals surface area contributed by atoms with Crippen LogP contribution in [0.25, 0.3) is 0 Å². The minimum Gasteiger partial charge on any atom is -0.478 e. The molecule has 0 fully saturated rings. The third-order valence-corrected chi connectivity index (χ3v) is 4.51. The van der Waals surface area contributed by atoms with Crippen LogP contribution in [0.15, 0.2) is 53.4 Å². The second kappa shape index (κ2) is 7.61. The van der Waals surface area contributed by atoms with Crippen molar-refractivity contribution in [1.82, 2.24) is 4.72 Å². The zero-order chi connectivity index (χ0) is 19.3. The molecule has 1 amide bonds. The van der Waals surface area contributed by atoms with Gasteiger partial charge < -0.3 is 9.94 Å². The van der Waals surface area contributed by atoms with Crippen LogP contribution in [-0.2, 0) is 21.5 Å². The molecule has 10 nitrogen and oxygen atoms in total. The highest BCUT2D eigenvalue weighted by Crippen LogP contribution is 2.13. The lowest BCUT2D eigenvalue weighted by Crippen LogP contribution is -2.30. The molecule has 0 atom stereocenters. The van der Waals surface area contributed by atoms with Gasteiger partial charge in [-0.1, -0.05) is 12.1 Å². The average molecular weight is 380 g/mol. The van der Waals surface area contributed by atoms with Crippen molar-refractivity contribution in [3.63, 3.8) is 0 Å². The summed E-state index contributed by atoms with van der Waals surface area (Å²) in [4.78, 5) is 37.0. The summed E-state index contributed by atoms with van der Waals surface area (Å²) in [6.45, 7) is -0.391. The number of sulfonamides is 1. The van der Waals surface area contributed by atoms with Crippen LogP contribution in [0.4, 0.5) is 0 Å². The van der Waals surface area contributed by atoms with Crippen molar-refractivity contribution in [1.29, 1.82) is 0 Å². The number of hydrogen-bond donors (Lipinski definition) is 2. The summed E-state index contributed by atoms with van der Waals surface area (Å²) in [7, 11) is -4.22. The number of benzene rings is 2. The van der Waals surface area contributed by atoms with E-state index in [9.17, 15) is 28.1 Å². The quantitative estimate of drug-likeness (QED) is 0.537. The summed E-state index contributed by atoms with van der Waals surface area (Å²) in [6, 6.07) is 9.77. The minimum absolute atomic E-state index is 0.0415. The number of aromatic carboxylic acids is 1. The van der Waals surface area contributed by atoms with Crippen LogP contribution >= 0.6 is 0 Å². The van der Waals surface area contributed by atoms with Crippen LogP contribution in [-0.4, -0.2) is 30.5 Å². The lowest BCUT2D eigenvalue weighted by Gasteiger charge is -2.08. The molecule has 0 radical (unpaired) electrons. The van der Waals surface area contributed by atoms with Gasteiger partial charge in [0.15, 0.2) is 0 Å². The Labute approximate surface area is 147 Å². The van der Waals surface area contributed by atoms with Crippen LogP contribution in [0.3, 0.4) is 0 Å². The van der Waals surface area contributed by atoms with Gasteiger partial charge in [0.2, 0.25) is 0 Å². The first-order chi connectivity index (χ1) is 12.2. The second-order valence-electron chi connectivity index (χ2n) is 4.96. The third kappa shape index (κ3) is 4.77. The average Bonchev–Trinajstić information content (AvgIpc) is 2.60. The Morgan fingerprint density at radius 1 is 1.12 bits per heavy atom. The van der Waals surface area contributed by atoms with E-state index in [0.717, 1.165) is 24.3 Å². The van der Waals surface area contributed by atoms with Crippen molar-refractivity contribution in [3.05, 3.63) is 75.3 Å². The summed E-state index contributed by atoms with van der Waals surface area (Å²) in [5, 5.41) is 18.0. The molecule has 0 saturated heterocycles. The standard InChI is InChI=1S/C15H12N2O8S/c18-14(12-3-1-2-10(8-12)9-25-17(21)22)16-26(23,24)13-6-4-11(5-7-13)15(19)20/h1-8H,9H2,(H,16,18)(H,19,20). The highest BCUT2D eigenvalue weighted by molar-refractivity contribution is 7.90. The van der Waals surface area contributed by atoms with Gasteiger partial charge in [0.25, 0.3) is 21.0 Å². The van der Waals surface area contributed by atoms with Gasteiger partial charge in [0.1, 0.15) is 6.61 Å². The van der Waals surface area contributed by atoms with Gasteiger partial charge in [-0.15, -0.1) is 10.1 Å². The molecule has 0 unspecified atom stereocenters. The molecule has 2 aromatic rings. The van der Waals surface area contributed by atoms with E-state index < -0.39 is 33.6 Å². The number of carboxylic acids is 1. The third-order valence-electron chi connectivity index (χ3n) is 3.16. The van der Waals surface area contributed by atoms with E-state index in [1.165, 1.54) is 24.3 Å². The maximum Gasteiger partial charge on any atom is 0.335 e. The predicted octanol–water partition coefficient (Wildman–Crippen LogP) is 1.21. The smallest absolute Gasteiger partial charge is 0.335 e. The number of carboxylic acid groups (broad SMARTS) is 1. The lowest BCUT2D eigenvalue weighted by atomic mass is 10.1. The summed E-state index contributed by atoms with van der Waals surface area (Å²) in [6.07, 6.45) is 0. The number of amides is 1. The molecular weight excluding hydrogens is 368 g/mol. The molecule has 136 valence electrons. The van der Waals surface area contributed by atoms with E-state index in [2.05, 4.69) is 4.84 Å². The zero-order valence-corrected chi connectivity index (χ0v) is 13.8. The lowest BCUT2D eigenvalue weighted by molar-refractivity contribution is -0.763. The van der Waals surface area contributed by atoms with Crippen molar-refractivity contribution in [3.8, 4) is 0 Å². The van der Waals surface area contributed by atoms with E-state index >= 15 is 0 Å². The van der Waals surface area contributed by atoms with E-state index in [4.69, 9.17) is 5.11 Å². The Hall–Kier alpha value is -3.47. The van der Waals surface area contributed by atoms with Crippen LogP contribution in [0, 0.1) is 10.1 Å². The first-order valence-electron chi connectivity index (χ1n) is 6.96. The molecule has 0 aliphatic heterocycles. The number of nitrogens with zero attached hydrogens (tertiary/aromatic N) is 1. The molecule has 0 aliphatic rings. The van der Waals surface area contributed by atoms with Crippen molar-refractivity contribution >= 4 is 21.9 Å². The van der Waals surface area contributed by atoms with Crippen molar-refractivity contribution < 1.29 is 33.0 Å². The summed E-state index contributed by atoms with van der Waals surface area (Å²) >= 11 is 0. The van der Waals surface area contributed by atoms with Gasteiger partial charge in [-0.3, -0.25) is 4.79 Å². The number of carbonyl (C=O) groups excluding carboxylic acids is 1. The zero-order valence-electron chi connectivity index (χ0n) is 13.0. The van der Waals surface area contributed by atoms with Crippen LogP contribution in [0.5, 0.6) is 0 Å². The van der Waals surface area contributed by atoms with Gasteiger partial charge >= 0.3 is 5.97 Å². The topological polar surface area (TPSA) is 153 Å². The molecular formula is C15H12N2O8S. The highest BCUT2D eigenvalue weighted by atomic mass is 32.2. The molecule has 0 bridgehead atoms. The van der Waals surface area contributed by atoms with Crippen LogP contribution < -0.4 is 4.72 Å². The largest absolute Gasteiger partial charge is 0.478 e. The van der Waals surface area contributed by atoms with E-state index in [1.807, 2.05) is 4.72 Å². The van der Waals surface area contributed by atoms with Gasteiger partial charge in [-0.25, -0.2) is 17.9 Å². The summed E-state index contributed by atoms with van der Waals surface area (Å²) in [5.41, 5.74) is 0.159. The fraction of sp³-hybridized carbons (Fsp3) is 0.0667. The van der Waals surface area contributed by atoms with E-state index in [0.29, 0.717) is 5.56 Å². The van der Waals surface area contributed by atoms with Gasteiger partial charge in [-0.2, -0.15) is 0 Å². The molecule has 0 spiro atoms.